The molecule has 0 bridgehead atoms. The predicted octanol–water partition coefficient (Wildman–Crippen LogP) is 1.46. The average Bonchev–Trinajstić information content (AvgIpc) is 2.55. The molecular formula is C13H18N2O3S. The van der Waals surface area contributed by atoms with E-state index in [0.29, 0.717) is 17.7 Å². The van der Waals surface area contributed by atoms with Crippen LogP contribution < -0.4 is 11.1 Å². The lowest BCUT2D eigenvalue weighted by atomic mass is 10.0. The van der Waals surface area contributed by atoms with Crippen molar-refractivity contribution in [2.24, 2.45) is 0 Å². The third kappa shape index (κ3) is 3.07. The molecular weight excluding hydrogens is 264 g/mol. The maximum absolute atomic E-state index is 11.6. The Labute approximate surface area is 113 Å². The molecule has 5 nitrogen and oxygen atoms in total. The van der Waals surface area contributed by atoms with Crippen molar-refractivity contribution in [3.8, 4) is 0 Å². The number of ketones is 1. The summed E-state index contributed by atoms with van der Waals surface area (Å²) in [6.07, 6.45) is 0.565. The standard InChI is InChI=1S/C13H18N2O3S/c1-9(16)11-7-10(3-4-12(11)14)15-13(2)5-6-19(17,18)8-13/h3-4,7,15H,5-6,8,14H2,1-2H3. The Morgan fingerprint density at radius 1 is 1.42 bits per heavy atom. The summed E-state index contributed by atoms with van der Waals surface area (Å²) < 4.78 is 23.1. The molecule has 2 rings (SSSR count). The van der Waals surface area contributed by atoms with Gasteiger partial charge in [-0.3, -0.25) is 4.79 Å². The molecule has 1 aromatic rings. The number of carbonyl (C=O) groups is 1. The molecule has 6 heteroatoms. The molecule has 0 spiro atoms. The first-order valence-electron chi connectivity index (χ1n) is 6.10. The van der Waals surface area contributed by atoms with Crippen LogP contribution in [0.4, 0.5) is 11.4 Å². The minimum absolute atomic E-state index is 0.106. The fourth-order valence-electron chi connectivity index (χ4n) is 2.40. The van der Waals surface area contributed by atoms with Crippen molar-refractivity contribution >= 4 is 27.0 Å². The zero-order valence-corrected chi connectivity index (χ0v) is 11.9. The first kappa shape index (κ1) is 13.9. The fourth-order valence-corrected chi connectivity index (χ4v) is 4.49. The van der Waals surface area contributed by atoms with E-state index < -0.39 is 15.4 Å². The van der Waals surface area contributed by atoms with Crippen molar-refractivity contribution < 1.29 is 13.2 Å². The SMILES string of the molecule is CC(=O)c1cc(NC2(C)CCS(=O)(=O)C2)ccc1N. The lowest BCUT2D eigenvalue weighted by Gasteiger charge is -2.25. The van der Waals surface area contributed by atoms with Gasteiger partial charge in [0.15, 0.2) is 15.6 Å². The Kier molecular flexibility index (Phi) is 3.30. The maximum Gasteiger partial charge on any atom is 0.161 e. The summed E-state index contributed by atoms with van der Waals surface area (Å²) in [4.78, 5) is 11.4. The molecule has 104 valence electrons. The quantitative estimate of drug-likeness (QED) is 0.647. The summed E-state index contributed by atoms with van der Waals surface area (Å²) in [5.74, 6) is 0.204. The van der Waals surface area contributed by atoms with E-state index in [9.17, 15) is 13.2 Å². The third-order valence-electron chi connectivity index (χ3n) is 3.38. The molecule has 3 N–H and O–H groups in total. The van der Waals surface area contributed by atoms with Crippen LogP contribution >= 0.6 is 0 Å². The maximum atomic E-state index is 11.6. The number of carbonyl (C=O) groups excluding carboxylic acids is 1. The summed E-state index contributed by atoms with van der Waals surface area (Å²) in [5, 5.41) is 3.21. The van der Waals surface area contributed by atoms with Gasteiger partial charge in [0.05, 0.1) is 11.5 Å². The van der Waals surface area contributed by atoms with Gasteiger partial charge in [-0.25, -0.2) is 8.42 Å². The molecule has 1 saturated heterocycles. The fraction of sp³-hybridized carbons (Fsp3) is 0.462. The zero-order chi connectivity index (χ0) is 14.3. The van der Waals surface area contributed by atoms with Crippen molar-refractivity contribution in [2.45, 2.75) is 25.8 Å². The van der Waals surface area contributed by atoms with E-state index >= 15 is 0 Å². The van der Waals surface area contributed by atoms with Crippen molar-refractivity contribution in [3.05, 3.63) is 23.8 Å². The Hall–Kier alpha value is -1.56. The van der Waals surface area contributed by atoms with E-state index in [1.165, 1.54) is 6.92 Å². The Bertz CT molecular complexity index is 625. The highest BCUT2D eigenvalue weighted by molar-refractivity contribution is 7.91. The van der Waals surface area contributed by atoms with Gasteiger partial charge in [0.2, 0.25) is 0 Å². The van der Waals surface area contributed by atoms with Gasteiger partial charge >= 0.3 is 0 Å². The van der Waals surface area contributed by atoms with E-state index in [1.807, 2.05) is 6.92 Å². The lowest BCUT2D eigenvalue weighted by Crippen LogP contribution is -2.35. The molecule has 0 radical (unpaired) electrons. The van der Waals surface area contributed by atoms with Crippen LogP contribution in [0.25, 0.3) is 0 Å². The molecule has 1 heterocycles. The number of nitrogens with two attached hydrogens (primary N) is 1. The molecule has 1 aromatic carbocycles. The number of nitrogens with one attached hydrogen (secondary N) is 1. The smallest absolute Gasteiger partial charge is 0.161 e. The molecule has 1 aliphatic rings. The highest BCUT2D eigenvalue weighted by Crippen LogP contribution is 2.28. The van der Waals surface area contributed by atoms with Crippen LogP contribution in [0, 0.1) is 0 Å². The Morgan fingerprint density at radius 2 is 2.11 bits per heavy atom. The molecule has 1 aliphatic heterocycles. The monoisotopic (exact) mass is 282 g/mol. The van der Waals surface area contributed by atoms with Crippen molar-refractivity contribution in [3.63, 3.8) is 0 Å². The number of rotatable bonds is 3. The number of hydrogen-bond acceptors (Lipinski definition) is 5. The van der Waals surface area contributed by atoms with Gasteiger partial charge in [-0.15, -0.1) is 0 Å². The zero-order valence-electron chi connectivity index (χ0n) is 11.1. The molecule has 0 aromatic heterocycles. The van der Waals surface area contributed by atoms with Crippen LogP contribution in [0.1, 0.15) is 30.6 Å². The van der Waals surface area contributed by atoms with E-state index in [-0.39, 0.29) is 17.3 Å². The second kappa shape index (κ2) is 4.52. The molecule has 0 saturated carbocycles. The first-order valence-corrected chi connectivity index (χ1v) is 7.92. The van der Waals surface area contributed by atoms with E-state index in [0.717, 1.165) is 5.69 Å². The first-order chi connectivity index (χ1) is 8.71. The van der Waals surface area contributed by atoms with Crippen LogP contribution in [-0.2, 0) is 9.84 Å². The van der Waals surface area contributed by atoms with Gasteiger partial charge in [0.25, 0.3) is 0 Å². The summed E-state index contributed by atoms with van der Waals surface area (Å²) in [6.45, 7) is 3.33. The number of hydrogen-bond donors (Lipinski definition) is 2. The summed E-state index contributed by atoms with van der Waals surface area (Å²) in [7, 11) is -2.96. The highest BCUT2D eigenvalue weighted by Gasteiger charge is 2.38. The summed E-state index contributed by atoms with van der Waals surface area (Å²) in [6, 6.07) is 5.09. The van der Waals surface area contributed by atoms with Gasteiger partial charge in [0.1, 0.15) is 0 Å². The number of Topliss-reactive ketones (excluding diaryl/α,β-unsaturated/α-hetero) is 1. The highest BCUT2D eigenvalue weighted by atomic mass is 32.2. The topological polar surface area (TPSA) is 89.3 Å². The second-order valence-corrected chi connectivity index (χ2v) is 7.57. The molecule has 19 heavy (non-hydrogen) atoms. The summed E-state index contributed by atoms with van der Waals surface area (Å²) in [5.41, 5.74) is 6.85. The lowest BCUT2D eigenvalue weighted by molar-refractivity contribution is 0.101. The molecule has 1 fully saturated rings. The van der Waals surface area contributed by atoms with Gasteiger partial charge in [-0.05, 0) is 38.5 Å². The van der Waals surface area contributed by atoms with E-state index in [1.54, 1.807) is 18.2 Å². The number of sulfone groups is 1. The van der Waals surface area contributed by atoms with E-state index in [2.05, 4.69) is 5.32 Å². The van der Waals surface area contributed by atoms with Gasteiger partial charge < -0.3 is 11.1 Å². The number of benzene rings is 1. The van der Waals surface area contributed by atoms with Crippen molar-refractivity contribution in [1.82, 2.24) is 0 Å². The Morgan fingerprint density at radius 3 is 2.63 bits per heavy atom. The van der Waals surface area contributed by atoms with Crippen LogP contribution in [0.3, 0.4) is 0 Å². The van der Waals surface area contributed by atoms with Crippen molar-refractivity contribution in [2.75, 3.05) is 22.6 Å². The van der Waals surface area contributed by atoms with Crippen LogP contribution in [0.5, 0.6) is 0 Å². The minimum atomic E-state index is -2.96. The average molecular weight is 282 g/mol. The van der Waals surface area contributed by atoms with E-state index in [4.69, 9.17) is 5.73 Å². The van der Waals surface area contributed by atoms with Crippen LogP contribution in [0.15, 0.2) is 18.2 Å². The molecule has 0 amide bonds. The molecule has 1 unspecified atom stereocenters. The number of anilines is 2. The predicted molar refractivity (Wildman–Crippen MR) is 76.2 cm³/mol. The van der Waals surface area contributed by atoms with Gasteiger partial charge in [0, 0.05) is 22.5 Å². The van der Waals surface area contributed by atoms with Crippen LogP contribution in [-0.4, -0.2) is 31.2 Å². The third-order valence-corrected chi connectivity index (χ3v) is 5.29. The van der Waals surface area contributed by atoms with Gasteiger partial charge in [-0.2, -0.15) is 0 Å². The largest absolute Gasteiger partial charge is 0.398 e. The second-order valence-electron chi connectivity index (χ2n) is 5.39. The Balaban J connectivity index is 2.25. The van der Waals surface area contributed by atoms with Crippen LogP contribution in [0.2, 0.25) is 0 Å². The summed E-state index contributed by atoms with van der Waals surface area (Å²) >= 11 is 0. The molecule has 0 aliphatic carbocycles. The number of nitrogen functional groups attached to an aromatic ring is 1. The van der Waals surface area contributed by atoms with Gasteiger partial charge in [-0.1, -0.05) is 0 Å². The minimum Gasteiger partial charge on any atom is -0.398 e. The van der Waals surface area contributed by atoms with Crippen molar-refractivity contribution in [1.29, 1.82) is 0 Å². The molecule has 1 atom stereocenters. The normalized spacial score (nSPS) is 25.2.